The van der Waals surface area contributed by atoms with Gasteiger partial charge in [0.25, 0.3) is 0 Å². The number of carbonyl (C=O) groups is 1. The first kappa shape index (κ1) is 15.5. The summed E-state index contributed by atoms with van der Waals surface area (Å²) in [6.07, 6.45) is 0.472. The highest BCUT2D eigenvalue weighted by atomic mass is 16.5. The first-order chi connectivity index (χ1) is 11.1. The maximum absolute atomic E-state index is 11.9. The Hall–Kier alpha value is -2.39. The van der Waals surface area contributed by atoms with E-state index in [-0.39, 0.29) is 5.97 Å². The van der Waals surface area contributed by atoms with Crippen molar-refractivity contribution in [2.45, 2.75) is 26.3 Å². The summed E-state index contributed by atoms with van der Waals surface area (Å²) in [5.74, 6) is -0.346. The first-order valence-electron chi connectivity index (χ1n) is 7.94. The van der Waals surface area contributed by atoms with Gasteiger partial charge in [-0.25, -0.2) is 0 Å². The smallest absolute Gasteiger partial charge is 0.323 e. The van der Waals surface area contributed by atoms with Crippen LogP contribution in [0.4, 0.5) is 0 Å². The lowest BCUT2D eigenvalue weighted by Crippen LogP contribution is -2.34. The molecule has 0 aliphatic rings. The minimum absolute atomic E-state index is 0.346. The largest absolute Gasteiger partial charge is 0.465 e. The Balaban J connectivity index is 2.20. The number of nitrogens with two attached hydrogens (primary N) is 1. The third-order valence-electron chi connectivity index (χ3n) is 4.33. The molecule has 1 atom stereocenters. The molecule has 0 fully saturated rings. The Morgan fingerprint density at radius 3 is 1.96 bits per heavy atom. The lowest BCUT2D eigenvalue weighted by Gasteiger charge is -2.17. The predicted octanol–water partition coefficient (Wildman–Crippen LogP) is 3.73. The number of rotatable bonds is 4. The third kappa shape index (κ3) is 2.80. The standard InChI is InChI=1S/C20H21NO2/c1-3-23-20(22)19(21)12-18-16-10-6-4-8-14(16)13(2)15-9-5-7-11-17(15)18/h4-11,19H,3,12,21H2,1-2H3. The second-order valence-corrected chi connectivity index (χ2v) is 5.76. The lowest BCUT2D eigenvalue weighted by atomic mass is 9.89. The van der Waals surface area contributed by atoms with E-state index in [1.165, 1.54) is 16.3 Å². The highest BCUT2D eigenvalue weighted by Crippen LogP contribution is 2.33. The fourth-order valence-corrected chi connectivity index (χ4v) is 3.21. The van der Waals surface area contributed by atoms with Crippen molar-refractivity contribution in [3.8, 4) is 0 Å². The minimum Gasteiger partial charge on any atom is -0.465 e. The van der Waals surface area contributed by atoms with Crippen LogP contribution in [0.1, 0.15) is 18.1 Å². The van der Waals surface area contributed by atoms with Crippen LogP contribution in [0.25, 0.3) is 21.5 Å². The summed E-state index contributed by atoms with van der Waals surface area (Å²) in [4.78, 5) is 11.9. The second-order valence-electron chi connectivity index (χ2n) is 5.76. The van der Waals surface area contributed by atoms with Crippen molar-refractivity contribution in [3.05, 3.63) is 59.7 Å². The molecule has 23 heavy (non-hydrogen) atoms. The molecule has 0 radical (unpaired) electrons. The van der Waals surface area contributed by atoms with Gasteiger partial charge in [0.2, 0.25) is 0 Å². The van der Waals surface area contributed by atoms with Gasteiger partial charge in [0.15, 0.2) is 0 Å². The molecule has 0 bridgehead atoms. The van der Waals surface area contributed by atoms with Crippen LogP contribution < -0.4 is 5.73 Å². The maximum atomic E-state index is 11.9. The van der Waals surface area contributed by atoms with Crippen LogP contribution in [0.15, 0.2) is 48.5 Å². The topological polar surface area (TPSA) is 52.3 Å². The maximum Gasteiger partial charge on any atom is 0.323 e. The molecule has 3 nitrogen and oxygen atoms in total. The lowest BCUT2D eigenvalue weighted by molar-refractivity contribution is -0.144. The molecule has 3 aromatic rings. The Bertz CT molecular complexity index is 813. The Labute approximate surface area is 136 Å². The monoisotopic (exact) mass is 307 g/mol. The molecule has 0 spiro atoms. The zero-order chi connectivity index (χ0) is 16.4. The van der Waals surface area contributed by atoms with Gasteiger partial charge in [-0.1, -0.05) is 48.5 Å². The summed E-state index contributed by atoms with van der Waals surface area (Å²) in [7, 11) is 0. The number of hydrogen-bond acceptors (Lipinski definition) is 3. The van der Waals surface area contributed by atoms with Crippen molar-refractivity contribution in [2.24, 2.45) is 5.73 Å². The van der Waals surface area contributed by atoms with Crippen LogP contribution in [-0.2, 0) is 16.0 Å². The van der Waals surface area contributed by atoms with Crippen LogP contribution >= 0.6 is 0 Å². The molecular weight excluding hydrogens is 286 g/mol. The van der Waals surface area contributed by atoms with E-state index in [1.54, 1.807) is 6.92 Å². The molecule has 0 aromatic heterocycles. The molecule has 0 heterocycles. The van der Waals surface area contributed by atoms with Gasteiger partial charge in [0.05, 0.1) is 6.61 Å². The van der Waals surface area contributed by atoms with E-state index in [4.69, 9.17) is 10.5 Å². The molecule has 118 valence electrons. The van der Waals surface area contributed by atoms with Crippen molar-refractivity contribution in [1.82, 2.24) is 0 Å². The van der Waals surface area contributed by atoms with E-state index < -0.39 is 6.04 Å². The van der Waals surface area contributed by atoms with Crippen LogP contribution in [0.3, 0.4) is 0 Å². The quantitative estimate of drug-likeness (QED) is 0.590. The van der Waals surface area contributed by atoms with Crippen molar-refractivity contribution in [1.29, 1.82) is 0 Å². The Kier molecular flexibility index (Phi) is 4.30. The molecule has 0 saturated carbocycles. The molecular formula is C20H21NO2. The van der Waals surface area contributed by atoms with Gasteiger partial charge < -0.3 is 10.5 Å². The van der Waals surface area contributed by atoms with Crippen LogP contribution in [-0.4, -0.2) is 18.6 Å². The highest BCUT2D eigenvalue weighted by Gasteiger charge is 2.19. The van der Waals surface area contributed by atoms with Crippen LogP contribution in [0.5, 0.6) is 0 Å². The van der Waals surface area contributed by atoms with Gasteiger partial charge in [-0.3, -0.25) is 4.79 Å². The van der Waals surface area contributed by atoms with E-state index in [1.807, 2.05) is 24.3 Å². The Morgan fingerprint density at radius 1 is 1.00 bits per heavy atom. The normalized spacial score (nSPS) is 12.5. The average molecular weight is 307 g/mol. The number of hydrogen-bond donors (Lipinski definition) is 1. The molecule has 1 unspecified atom stereocenters. The molecule has 3 rings (SSSR count). The highest BCUT2D eigenvalue weighted by molar-refractivity contribution is 6.05. The number of esters is 1. The average Bonchev–Trinajstić information content (AvgIpc) is 2.58. The summed E-state index contributed by atoms with van der Waals surface area (Å²) in [6.45, 7) is 4.28. The van der Waals surface area contributed by atoms with Crippen LogP contribution in [0.2, 0.25) is 0 Å². The summed E-state index contributed by atoms with van der Waals surface area (Å²) in [6, 6.07) is 15.9. The number of ether oxygens (including phenoxy) is 1. The van der Waals surface area contributed by atoms with E-state index in [9.17, 15) is 4.79 Å². The number of fused-ring (bicyclic) bond motifs is 2. The van der Waals surface area contributed by atoms with Gasteiger partial charge in [0, 0.05) is 0 Å². The summed E-state index contributed by atoms with van der Waals surface area (Å²) >= 11 is 0. The van der Waals surface area contributed by atoms with Gasteiger partial charge in [-0.2, -0.15) is 0 Å². The number of benzene rings is 3. The second kappa shape index (κ2) is 6.39. The zero-order valence-electron chi connectivity index (χ0n) is 13.5. The fraction of sp³-hybridized carbons (Fsp3) is 0.250. The molecule has 0 saturated heterocycles. The number of carbonyl (C=O) groups excluding carboxylic acids is 1. The summed E-state index contributed by atoms with van der Waals surface area (Å²) in [5, 5.41) is 4.72. The zero-order valence-corrected chi connectivity index (χ0v) is 13.5. The first-order valence-corrected chi connectivity index (χ1v) is 7.94. The molecule has 0 amide bonds. The van der Waals surface area contributed by atoms with Crippen molar-refractivity contribution in [3.63, 3.8) is 0 Å². The molecule has 0 aliphatic heterocycles. The SMILES string of the molecule is CCOC(=O)C(N)Cc1c2ccccc2c(C)c2ccccc12. The molecule has 0 aliphatic carbocycles. The Morgan fingerprint density at radius 2 is 1.48 bits per heavy atom. The predicted molar refractivity (Wildman–Crippen MR) is 94.5 cm³/mol. The van der Waals surface area contributed by atoms with E-state index in [0.29, 0.717) is 13.0 Å². The van der Waals surface area contributed by atoms with Gasteiger partial charge in [0.1, 0.15) is 6.04 Å². The van der Waals surface area contributed by atoms with Crippen LogP contribution in [0, 0.1) is 6.92 Å². The summed E-state index contributed by atoms with van der Waals surface area (Å²) < 4.78 is 5.06. The van der Waals surface area contributed by atoms with Crippen molar-refractivity contribution in [2.75, 3.05) is 6.61 Å². The molecule has 2 N–H and O–H groups in total. The van der Waals surface area contributed by atoms with Crippen molar-refractivity contribution < 1.29 is 9.53 Å². The molecule has 3 heteroatoms. The van der Waals surface area contributed by atoms with Crippen molar-refractivity contribution >= 4 is 27.5 Å². The fourth-order valence-electron chi connectivity index (χ4n) is 3.21. The van der Waals surface area contributed by atoms with Gasteiger partial charge >= 0.3 is 5.97 Å². The molecule has 3 aromatic carbocycles. The minimum atomic E-state index is -0.649. The van der Waals surface area contributed by atoms with Gasteiger partial charge in [-0.15, -0.1) is 0 Å². The van der Waals surface area contributed by atoms with E-state index in [0.717, 1.165) is 16.3 Å². The van der Waals surface area contributed by atoms with E-state index in [2.05, 4.69) is 31.2 Å². The summed E-state index contributed by atoms with van der Waals surface area (Å²) in [5.41, 5.74) is 8.45. The van der Waals surface area contributed by atoms with Gasteiger partial charge in [-0.05, 0) is 52.9 Å². The number of aryl methyl sites for hydroxylation is 1. The van der Waals surface area contributed by atoms with E-state index >= 15 is 0 Å². The third-order valence-corrected chi connectivity index (χ3v) is 4.33.